The second-order valence-corrected chi connectivity index (χ2v) is 5.93. The summed E-state index contributed by atoms with van der Waals surface area (Å²) >= 11 is 0. The number of nitrogens with one attached hydrogen (secondary N) is 2. The van der Waals surface area contributed by atoms with Crippen LogP contribution in [0.5, 0.6) is 5.75 Å². The number of carbonyl (C=O) groups is 1. The number of benzene rings is 1. The molecular weight excluding hydrogens is 322 g/mol. The Labute approximate surface area is 146 Å². The predicted octanol–water partition coefficient (Wildman–Crippen LogP) is 1.90. The topological polar surface area (TPSA) is 85.5 Å². The number of nitrogens with zero attached hydrogens (tertiary/aromatic N) is 1. The van der Waals surface area contributed by atoms with Crippen molar-refractivity contribution in [2.45, 2.75) is 25.5 Å². The molecule has 1 amide bonds. The van der Waals surface area contributed by atoms with Gasteiger partial charge in [0.1, 0.15) is 12.4 Å². The predicted molar refractivity (Wildman–Crippen MR) is 92.2 cm³/mol. The van der Waals surface area contributed by atoms with Crippen molar-refractivity contribution in [2.24, 2.45) is 0 Å². The third-order valence-electron chi connectivity index (χ3n) is 4.13. The fourth-order valence-electron chi connectivity index (χ4n) is 2.76. The Morgan fingerprint density at radius 2 is 2.24 bits per heavy atom. The Morgan fingerprint density at radius 3 is 2.96 bits per heavy atom. The molecule has 2 aromatic rings. The lowest BCUT2D eigenvalue weighted by molar-refractivity contribution is -0.127. The van der Waals surface area contributed by atoms with Crippen molar-refractivity contribution in [3.63, 3.8) is 0 Å². The third-order valence-corrected chi connectivity index (χ3v) is 4.13. The summed E-state index contributed by atoms with van der Waals surface area (Å²) in [7, 11) is 1.63. The summed E-state index contributed by atoms with van der Waals surface area (Å²) in [5.41, 5.74) is 2.78. The van der Waals surface area contributed by atoms with Gasteiger partial charge in [-0.15, -0.1) is 0 Å². The van der Waals surface area contributed by atoms with E-state index >= 15 is 0 Å². The maximum Gasteiger partial charge on any atom is 0.246 e. The lowest BCUT2D eigenvalue weighted by Gasteiger charge is -2.10. The summed E-state index contributed by atoms with van der Waals surface area (Å²) in [5.74, 6) is 0.640. The number of ether oxygens (including phenoxy) is 3. The molecular formula is C18H23N3O4. The lowest BCUT2D eigenvalue weighted by Crippen LogP contribution is -2.28. The number of amides is 1. The molecule has 7 nitrogen and oxygen atoms in total. The van der Waals surface area contributed by atoms with Gasteiger partial charge in [-0.3, -0.25) is 9.89 Å². The van der Waals surface area contributed by atoms with Gasteiger partial charge in [0.05, 0.1) is 31.7 Å². The van der Waals surface area contributed by atoms with Crippen molar-refractivity contribution in [1.82, 2.24) is 15.5 Å². The van der Waals surface area contributed by atoms with Crippen LogP contribution < -0.4 is 10.1 Å². The van der Waals surface area contributed by atoms with E-state index < -0.39 is 0 Å². The average molecular weight is 345 g/mol. The number of H-pyrrole nitrogens is 1. The van der Waals surface area contributed by atoms with E-state index in [1.165, 1.54) is 0 Å². The first-order chi connectivity index (χ1) is 12.3. The molecule has 1 aliphatic heterocycles. The van der Waals surface area contributed by atoms with Crippen LogP contribution in [-0.4, -0.2) is 49.1 Å². The number of carbonyl (C=O) groups excluding carboxylic acids is 1. The summed E-state index contributed by atoms with van der Waals surface area (Å²) in [6.07, 6.45) is 3.91. The molecule has 0 saturated carbocycles. The van der Waals surface area contributed by atoms with E-state index in [1.807, 2.05) is 24.3 Å². The summed E-state index contributed by atoms with van der Waals surface area (Å²) in [5, 5.41) is 9.91. The van der Waals surface area contributed by atoms with E-state index in [0.717, 1.165) is 42.0 Å². The number of rotatable bonds is 8. The molecule has 1 aromatic carbocycles. The summed E-state index contributed by atoms with van der Waals surface area (Å²) in [6, 6.07) is 7.67. The Bertz CT molecular complexity index is 678. The SMILES string of the molecule is COc1ccc(-c2[nH]ncc2CNC(=O)COC[C@H]2CCCO2)cc1. The smallest absolute Gasteiger partial charge is 0.246 e. The number of hydrogen-bond donors (Lipinski definition) is 2. The molecule has 3 rings (SSSR count). The highest BCUT2D eigenvalue weighted by atomic mass is 16.5. The molecule has 0 spiro atoms. The second kappa shape index (κ2) is 8.64. The van der Waals surface area contributed by atoms with Crippen molar-refractivity contribution in [3.8, 4) is 17.0 Å². The zero-order valence-electron chi connectivity index (χ0n) is 14.3. The van der Waals surface area contributed by atoms with Gasteiger partial charge in [0.2, 0.25) is 5.91 Å². The van der Waals surface area contributed by atoms with E-state index in [-0.39, 0.29) is 18.6 Å². The van der Waals surface area contributed by atoms with Gasteiger partial charge in [0.25, 0.3) is 0 Å². The van der Waals surface area contributed by atoms with Gasteiger partial charge in [-0.05, 0) is 37.1 Å². The molecule has 1 fully saturated rings. The summed E-state index contributed by atoms with van der Waals surface area (Å²) in [4.78, 5) is 11.9. The van der Waals surface area contributed by atoms with Crippen LogP contribution in [0.15, 0.2) is 30.5 Å². The highest BCUT2D eigenvalue weighted by Gasteiger charge is 2.16. The first kappa shape index (κ1) is 17.4. The monoisotopic (exact) mass is 345 g/mol. The maximum absolute atomic E-state index is 11.9. The average Bonchev–Trinajstić information content (AvgIpc) is 3.32. The number of aromatic amines is 1. The molecule has 134 valence electrons. The molecule has 25 heavy (non-hydrogen) atoms. The summed E-state index contributed by atoms with van der Waals surface area (Å²) < 4.78 is 16.0. The fourth-order valence-corrected chi connectivity index (χ4v) is 2.76. The first-order valence-corrected chi connectivity index (χ1v) is 8.39. The fraction of sp³-hybridized carbons (Fsp3) is 0.444. The highest BCUT2D eigenvalue weighted by Crippen LogP contribution is 2.23. The van der Waals surface area contributed by atoms with Crippen molar-refractivity contribution in [3.05, 3.63) is 36.0 Å². The van der Waals surface area contributed by atoms with Crippen molar-refractivity contribution in [2.75, 3.05) is 26.9 Å². The van der Waals surface area contributed by atoms with Crippen LogP contribution in [0, 0.1) is 0 Å². The van der Waals surface area contributed by atoms with Crippen LogP contribution in [-0.2, 0) is 20.8 Å². The van der Waals surface area contributed by atoms with Gasteiger partial charge in [0.15, 0.2) is 0 Å². The molecule has 2 N–H and O–H groups in total. The quantitative estimate of drug-likeness (QED) is 0.763. The number of aromatic nitrogens is 2. The van der Waals surface area contributed by atoms with Gasteiger partial charge in [-0.1, -0.05) is 0 Å². The standard InChI is InChI=1S/C18H23N3O4/c1-23-15-6-4-13(5-7-15)18-14(10-20-21-18)9-19-17(22)12-24-11-16-3-2-8-25-16/h4-7,10,16H,2-3,8-9,11-12H2,1H3,(H,19,22)(H,20,21)/t16-/m1/s1. The van der Waals surface area contributed by atoms with Crippen LogP contribution >= 0.6 is 0 Å². The molecule has 7 heteroatoms. The minimum Gasteiger partial charge on any atom is -0.497 e. The van der Waals surface area contributed by atoms with Gasteiger partial charge >= 0.3 is 0 Å². The highest BCUT2D eigenvalue weighted by molar-refractivity contribution is 5.77. The molecule has 0 aliphatic carbocycles. The first-order valence-electron chi connectivity index (χ1n) is 8.39. The minimum atomic E-state index is -0.153. The van der Waals surface area contributed by atoms with Gasteiger partial charge < -0.3 is 19.5 Å². The molecule has 0 bridgehead atoms. The molecule has 1 aromatic heterocycles. The van der Waals surface area contributed by atoms with E-state index in [4.69, 9.17) is 14.2 Å². The lowest BCUT2D eigenvalue weighted by atomic mass is 10.1. The van der Waals surface area contributed by atoms with E-state index in [1.54, 1.807) is 13.3 Å². The van der Waals surface area contributed by atoms with Crippen LogP contribution in [0.1, 0.15) is 18.4 Å². The van der Waals surface area contributed by atoms with Gasteiger partial charge in [-0.2, -0.15) is 5.10 Å². The second-order valence-electron chi connectivity index (χ2n) is 5.93. The summed E-state index contributed by atoms with van der Waals surface area (Å²) in [6.45, 7) is 1.68. The molecule has 0 unspecified atom stereocenters. The Morgan fingerprint density at radius 1 is 1.40 bits per heavy atom. The van der Waals surface area contributed by atoms with Crippen LogP contribution in [0.25, 0.3) is 11.3 Å². The third kappa shape index (κ3) is 4.80. The molecule has 0 radical (unpaired) electrons. The molecule has 1 atom stereocenters. The van der Waals surface area contributed by atoms with E-state index in [9.17, 15) is 4.79 Å². The van der Waals surface area contributed by atoms with E-state index in [0.29, 0.717) is 13.2 Å². The molecule has 2 heterocycles. The van der Waals surface area contributed by atoms with Crippen LogP contribution in [0.3, 0.4) is 0 Å². The Kier molecular flexibility index (Phi) is 6.03. The van der Waals surface area contributed by atoms with Crippen LogP contribution in [0.2, 0.25) is 0 Å². The normalized spacial score (nSPS) is 16.8. The Balaban J connectivity index is 1.48. The molecule has 1 aliphatic rings. The van der Waals surface area contributed by atoms with Crippen molar-refractivity contribution in [1.29, 1.82) is 0 Å². The largest absolute Gasteiger partial charge is 0.497 e. The van der Waals surface area contributed by atoms with Crippen LogP contribution in [0.4, 0.5) is 0 Å². The van der Waals surface area contributed by atoms with Crippen molar-refractivity contribution < 1.29 is 19.0 Å². The van der Waals surface area contributed by atoms with Gasteiger partial charge in [0, 0.05) is 24.3 Å². The Hall–Kier alpha value is -2.38. The zero-order chi connectivity index (χ0) is 17.5. The van der Waals surface area contributed by atoms with Gasteiger partial charge in [-0.25, -0.2) is 0 Å². The molecule has 1 saturated heterocycles. The van der Waals surface area contributed by atoms with Crippen molar-refractivity contribution >= 4 is 5.91 Å². The maximum atomic E-state index is 11.9. The van der Waals surface area contributed by atoms with E-state index in [2.05, 4.69) is 15.5 Å². The number of methoxy groups -OCH3 is 1. The number of hydrogen-bond acceptors (Lipinski definition) is 5. The minimum absolute atomic E-state index is 0.0373. The zero-order valence-corrected chi connectivity index (χ0v) is 14.3.